The van der Waals surface area contributed by atoms with Crippen LogP contribution in [-0.4, -0.2) is 65.2 Å². The van der Waals surface area contributed by atoms with Crippen LogP contribution < -0.4 is 15.0 Å². The molecule has 2 atom stereocenters. The van der Waals surface area contributed by atoms with E-state index in [4.69, 9.17) is 9.47 Å². The molecule has 9 heteroatoms. The largest absolute Gasteiger partial charge is 0.485 e. The van der Waals surface area contributed by atoms with Gasteiger partial charge in [-0.1, -0.05) is 0 Å². The third-order valence-electron chi connectivity index (χ3n) is 6.43. The van der Waals surface area contributed by atoms with Crippen molar-refractivity contribution in [3.8, 4) is 16.9 Å². The number of anilines is 1. The fraction of sp³-hybridized carbons (Fsp3) is 0.522. The molecule has 3 aliphatic rings. The van der Waals surface area contributed by atoms with E-state index in [1.165, 1.54) is 4.90 Å². The summed E-state index contributed by atoms with van der Waals surface area (Å²) in [7, 11) is 0. The minimum Gasteiger partial charge on any atom is -0.485 e. The summed E-state index contributed by atoms with van der Waals surface area (Å²) in [5.41, 5.74) is 3.16. The summed E-state index contributed by atoms with van der Waals surface area (Å²) in [4.78, 5) is 26.0. The smallest absolute Gasteiger partial charge is 0.412 e. The van der Waals surface area contributed by atoms with Crippen molar-refractivity contribution in [1.29, 1.82) is 0 Å². The molecule has 1 unspecified atom stereocenters. The highest BCUT2D eigenvalue weighted by Crippen LogP contribution is 2.44. The zero-order valence-corrected chi connectivity index (χ0v) is 18.1. The maximum Gasteiger partial charge on any atom is 0.412 e. The van der Waals surface area contributed by atoms with Crippen molar-refractivity contribution in [2.45, 2.75) is 50.8 Å². The van der Waals surface area contributed by atoms with E-state index in [1.807, 2.05) is 36.1 Å². The lowest BCUT2D eigenvalue weighted by Crippen LogP contribution is -2.44. The van der Waals surface area contributed by atoms with Crippen molar-refractivity contribution in [2.75, 3.05) is 31.2 Å². The Bertz CT molecular complexity index is 1030. The summed E-state index contributed by atoms with van der Waals surface area (Å²) in [6.07, 6.45) is 5.91. The van der Waals surface area contributed by atoms with Crippen molar-refractivity contribution in [1.82, 2.24) is 15.1 Å². The van der Waals surface area contributed by atoms with Crippen LogP contribution in [0.1, 0.15) is 37.8 Å². The predicted octanol–water partition coefficient (Wildman–Crippen LogP) is 2.64. The van der Waals surface area contributed by atoms with Crippen LogP contribution in [0.5, 0.6) is 5.75 Å². The summed E-state index contributed by atoms with van der Waals surface area (Å²) in [5.74, 6) is 0.432. The molecule has 1 saturated heterocycles. The number of carbonyl (C=O) groups is 2. The molecular weight excluding hydrogens is 412 g/mol. The summed E-state index contributed by atoms with van der Waals surface area (Å²) >= 11 is 0. The molecule has 1 saturated carbocycles. The van der Waals surface area contributed by atoms with Gasteiger partial charge in [0.15, 0.2) is 5.78 Å². The minimum atomic E-state index is -0.989. The van der Waals surface area contributed by atoms with E-state index in [0.29, 0.717) is 43.5 Å². The number of benzene rings is 1. The molecule has 9 nitrogen and oxygen atoms in total. The molecule has 2 fully saturated rings. The molecule has 1 aliphatic carbocycles. The lowest BCUT2D eigenvalue weighted by molar-refractivity contribution is -0.134. The zero-order chi connectivity index (χ0) is 22.2. The van der Waals surface area contributed by atoms with Crippen molar-refractivity contribution in [2.24, 2.45) is 0 Å². The maximum absolute atomic E-state index is 12.7. The number of carbonyl (C=O) groups excluding carboxylic acids is 1. The fourth-order valence-corrected chi connectivity index (χ4v) is 4.51. The molecule has 2 aliphatic heterocycles. The third kappa shape index (κ3) is 3.98. The average Bonchev–Trinajstić information content (AvgIpc) is 3.54. The lowest BCUT2D eigenvalue weighted by Gasteiger charge is -2.34. The molecule has 2 N–H and O–H groups in total. The predicted molar refractivity (Wildman–Crippen MR) is 117 cm³/mol. The van der Waals surface area contributed by atoms with Crippen LogP contribution in [0.2, 0.25) is 0 Å². The SMILES string of the molecule is C[C@H]1CCc2c(ccc(-c3cnn(C4CC4)c3)c2OCC(=O)C2CNCCO2)N1C(=O)O. The Morgan fingerprint density at radius 2 is 2.16 bits per heavy atom. The van der Waals surface area contributed by atoms with E-state index in [9.17, 15) is 14.7 Å². The summed E-state index contributed by atoms with van der Waals surface area (Å²) in [6, 6.07) is 4.04. The molecule has 1 aromatic carbocycles. The van der Waals surface area contributed by atoms with E-state index in [2.05, 4.69) is 10.4 Å². The van der Waals surface area contributed by atoms with Gasteiger partial charge in [0.25, 0.3) is 0 Å². The van der Waals surface area contributed by atoms with Gasteiger partial charge in [-0.15, -0.1) is 0 Å². The monoisotopic (exact) mass is 440 g/mol. The first kappa shape index (κ1) is 21.0. The number of aromatic nitrogens is 2. The van der Waals surface area contributed by atoms with E-state index in [1.54, 1.807) is 0 Å². The normalized spacial score (nSPS) is 23.0. The van der Waals surface area contributed by atoms with Gasteiger partial charge in [-0.05, 0) is 44.7 Å². The van der Waals surface area contributed by atoms with Gasteiger partial charge in [0.1, 0.15) is 18.5 Å². The molecule has 0 spiro atoms. The van der Waals surface area contributed by atoms with E-state index in [-0.39, 0.29) is 18.4 Å². The van der Waals surface area contributed by atoms with Crippen LogP contribution in [-0.2, 0) is 16.0 Å². The fourth-order valence-electron chi connectivity index (χ4n) is 4.51. The van der Waals surface area contributed by atoms with Crippen molar-refractivity contribution < 1.29 is 24.2 Å². The Balaban J connectivity index is 1.49. The minimum absolute atomic E-state index is 0.125. The number of Topliss-reactive ketones (excluding diaryl/α,β-unsaturated/α-hetero) is 1. The van der Waals surface area contributed by atoms with Gasteiger partial charge in [-0.25, -0.2) is 4.79 Å². The molecule has 32 heavy (non-hydrogen) atoms. The number of hydrogen-bond acceptors (Lipinski definition) is 6. The second-order valence-corrected chi connectivity index (χ2v) is 8.74. The first-order valence-electron chi connectivity index (χ1n) is 11.2. The summed E-state index contributed by atoms with van der Waals surface area (Å²) in [5, 5.41) is 17.4. The molecule has 5 rings (SSSR count). The molecule has 170 valence electrons. The molecule has 0 bridgehead atoms. The van der Waals surface area contributed by atoms with Crippen molar-refractivity contribution >= 4 is 17.6 Å². The quantitative estimate of drug-likeness (QED) is 0.711. The highest BCUT2D eigenvalue weighted by molar-refractivity contribution is 5.91. The van der Waals surface area contributed by atoms with Gasteiger partial charge in [0, 0.05) is 42.0 Å². The van der Waals surface area contributed by atoms with Gasteiger partial charge in [-0.2, -0.15) is 5.10 Å². The zero-order valence-electron chi connectivity index (χ0n) is 18.1. The Hall–Kier alpha value is -2.91. The average molecular weight is 441 g/mol. The summed E-state index contributed by atoms with van der Waals surface area (Å²) in [6.45, 7) is 3.47. The van der Waals surface area contributed by atoms with E-state index < -0.39 is 12.2 Å². The standard InChI is InChI=1S/C23H28N4O5/c1-14-2-5-18-19(27(14)23(29)30)7-6-17(15-10-25-26(12-15)16-3-4-16)22(18)32-13-20(28)21-11-24-8-9-31-21/h6-7,10,12,14,16,21,24H,2-5,8-9,11,13H2,1H3,(H,29,30)/t14-,21?/m0/s1. The third-order valence-corrected chi connectivity index (χ3v) is 6.43. The number of nitrogens with one attached hydrogen (secondary N) is 1. The number of nitrogens with zero attached hydrogens (tertiary/aromatic N) is 3. The van der Waals surface area contributed by atoms with Gasteiger partial charge in [0.05, 0.1) is 24.5 Å². The lowest BCUT2D eigenvalue weighted by atomic mass is 9.92. The Morgan fingerprint density at radius 1 is 1.31 bits per heavy atom. The van der Waals surface area contributed by atoms with Crippen LogP contribution in [0.4, 0.5) is 10.5 Å². The molecule has 0 radical (unpaired) electrons. The number of hydrogen-bond donors (Lipinski definition) is 2. The van der Waals surface area contributed by atoms with Crippen LogP contribution in [0.15, 0.2) is 24.5 Å². The van der Waals surface area contributed by atoms with E-state index in [0.717, 1.165) is 36.1 Å². The second kappa shape index (κ2) is 8.55. The van der Waals surface area contributed by atoms with Crippen LogP contribution >= 0.6 is 0 Å². The van der Waals surface area contributed by atoms with Gasteiger partial charge in [-0.3, -0.25) is 14.4 Å². The Labute approximate surface area is 186 Å². The van der Waals surface area contributed by atoms with Gasteiger partial charge < -0.3 is 19.9 Å². The summed E-state index contributed by atoms with van der Waals surface area (Å²) < 4.78 is 13.7. The Morgan fingerprint density at radius 3 is 2.88 bits per heavy atom. The molecule has 3 heterocycles. The number of rotatable bonds is 6. The molecule has 1 aromatic heterocycles. The number of fused-ring (bicyclic) bond motifs is 1. The second-order valence-electron chi connectivity index (χ2n) is 8.74. The van der Waals surface area contributed by atoms with E-state index >= 15 is 0 Å². The number of amides is 1. The number of carboxylic acid groups (broad SMARTS) is 1. The molecule has 2 aromatic rings. The highest BCUT2D eigenvalue weighted by Gasteiger charge is 2.32. The molecular formula is C23H28N4O5. The van der Waals surface area contributed by atoms with Crippen LogP contribution in [0, 0.1) is 0 Å². The Kier molecular flexibility index (Phi) is 5.60. The van der Waals surface area contributed by atoms with Gasteiger partial charge in [0.2, 0.25) is 0 Å². The number of ketones is 1. The maximum atomic E-state index is 12.7. The highest BCUT2D eigenvalue weighted by atomic mass is 16.5. The van der Waals surface area contributed by atoms with Crippen molar-refractivity contribution in [3.63, 3.8) is 0 Å². The number of morpholine rings is 1. The van der Waals surface area contributed by atoms with Crippen molar-refractivity contribution in [3.05, 3.63) is 30.1 Å². The molecule has 1 amide bonds. The van der Waals surface area contributed by atoms with Gasteiger partial charge >= 0.3 is 6.09 Å². The van der Waals surface area contributed by atoms with Crippen LogP contribution in [0.3, 0.4) is 0 Å². The van der Waals surface area contributed by atoms with Crippen LogP contribution in [0.25, 0.3) is 11.1 Å². The topological polar surface area (TPSA) is 106 Å². The first-order chi connectivity index (χ1) is 15.5. The first-order valence-corrected chi connectivity index (χ1v) is 11.2. The number of ether oxygens (including phenoxy) is 2.